The van der Waals surface area contributed by atoms with Gasteiger partial charge in [-0.2, -0.15) is 0 Å². The molecule has 1 rings (SSSR count). The summed E-state index contributed by atoms with van der Waals surface area (Å²) in [5.74, 6) is 1.64. The fraction of sp³-hybridized carbons (Fsp3) is 0.583. The lowest BCUT2D eigenvalue weighted by molar-refractivity contribution is 0.561. The minimum absolute atomic E-state index is 0.488. The molecular weight excluding hydrogens is 186 g/mol. The Kier molecular flexibility index (Phi) is 3.95. The van der Waals surface area contributed by atoms with E-state index in [-0.39, 0.29) is 0 Å². The summed E-state index contributed by atoms with van der Waals surface area (Å²) in [5.41, 5.74) is 1.26. The molecular formula is C12H21N3. The molecule has 0 bridgehead atoms. The van der Waals surface area contributed by atoms with E-state index in [1.165, 1.54) is 5.69 Å². The molecule has 0 radical (unpaired) electrons. The highest BCUT2D eigenvalue weighted by Crippen LogP contribution is 2.13. The van der Waals surface area contributed by atoms with Gasteiger partial charge in [0.25, 0.3) is 0 Å². The third-order valence-electron chi connectivity index (χ3n) is 2.37. The zero-order chi connectivity index (χ0) is 11.4. The fourth-order valence-electron chi connectivity index (χ4n) is 1.57. The van der Waals surface area contributed by atoms with Gasteiger partial charge in [-0.05, 0) is 6.20 Å². The second-order valence-corrected chi connectivity index (χ2v) is 4.37. The van der Waals surface area contributed by atoms with Crippen molar-refractivity contribution in [2.24, 2.45) is 7.05 Å². The molecule has 0 amide bonds. The van der Waals surface area contributed by atoms with Gasteiger partial charge < -0.3 is 9.47 Å². The molecule has 0 aromatic carbocycles. The highest BCUT2D eigenvalue weighted by molar-refractivity contribution is 5.10. The Bertz CT molecular complexity index is 335. The quantitative estimate of drug-likeness (QED) is 0.754. The second kappa shape index (κ2) is 5.01. The summed E-state index contributed by atoms with van der Waals surface area (Å²) in [5, 5.41) is 0. The van der Waals surface area contributed by atoms with E-state index in [4.69, 9.17) is 0 Å². The van der Waals surface area contributed by atoms with Crippen molar-refractivity contribution in [2.75, 3.05) is 14.1 Å². The van der Waals surface area contributed by atoms with E-state index in [1.807, 2.05) is 25.2 Å². The summed E-state index contributed by atoms with van der Waals surface area (Å²) in [6, 6.07) is 0. The lowest BCUT2D eigenvalue weighted by atomic mass is 10.2. The predicted molar refractivity (Wildman–Crippen MR) is 63.8 cm³/mol. The number of hydrogen-bond donors (Lipinski definition) is 0. The van der Waals surface area contributed by atoms with Crippen LogP contribution in [0.3, 0.4) is 0 Å². The summed E-state index contributed by atoms with van der Waals surface area (Å²) < 4.78 is 2.19. The van der Waals surface area contributed by atoms with Crippen LogP contribution in [0.1, 0.15) is 31.3 Å². The molecule has 1 aromatic rings. The lowest BCUT2D eigenvalue weighted by Crippen LogP contribution is -2.04. The molecule has 0 spiro atoms. The molecule has 0 unspecified atom stereocenters. The number of rotatable bonds is 4. The van der Waals surface area contributed by atoms with Gasteiger partial charge in [-0.25, -0.2) is 4.98 Å². The van der Waals surface area contributed by atoms with Crippen LogP contribution in [0.4, 0.5) is 0 Å². The predicted octanol–water partition coefficient (Wildman–Crippen LogP) is 2.16. The average Bonchev–Trinajstić information content (AvgIpc) is 2.47. The summed E-state index contributed by atoms with van der Waals surface area (Å²) in [6.45, 7) is 4.34. The molecule has 1 heterocycles. The van der Waals surface area contributed by atoms with Crippen molar-refractivity contribution in [2.45, 2.75) is 26.2 Å². The van der Waals surface area contributed by atoms with Crippen molar-refractivity contribution in [3.8, 4) is 0 Å². The van der Waals surface area contributed by atoms with Crippen molar-refractivity contribution >= 4 is 0 Å². The van der Waals surface area contributed by atoms with E-state index in [0.717, 1.165) is 12.2 Å². The summed E-state index contributed by atoms with van der Waals surface area (Å²) in [4.78, 5) is 6.47. The normalized spacial score (nSPS) is 11.6. The number of hydrogen-bond acceptors (Lipinski definition) is 2. The van der Waals surface area contributed by atoms with Gasteiger partial charge in [0, 0.05) is 45.4 Å². The Morgan fingerprint density at radius 1 is 1.47 bits per heavy atom. The molecule has 0 saturated carbocycles. The Labute approximate surface area is 92.4 Å². The molecule has 0 atom stereocenters. The van der Waals surface area contributed by atoms with Gasteiger partial charge in [0.05, 0.1) is 0 Å². The Morgan fingerprint density at radius 3 is 2.60 bits per heavy atom. The highest BCUT2D eigenvalue weighted by Gasteiger charge is 2.08. The number of aromatic nitrogens is 2. The van der Waals surface area contributed by atoms with Gasteiger partial charge in [-0.15, -0.1) is 0 Å². The maximum absolute atomic E-state index is 4.43. The van der Waals surface area contributed by atoms with Gasteiger partial charge in [-0.1, -0.05) is 19.9 Å². The second-order valence-electron chi connectivity index (χ2n) is 4.37. The summed E-state index contributed by atoms with van der Waals surface area (Å²) in [6.07, 6.45) is 7.13. The molecule has 0 aliphatic rings. The number of allylic oxidation sites excluding steroid dienone is 1. The maximum atomic E-state index is 4.43. The first-order valence-electron chi connectivity index (χ1n) is 5.36. The van der Waals surface area contributed by atoms with Crippen LogP contribution < -0.4 is 0 Å². The Morgan fingerprint density at radius 2 is 2.13 bits per heavy atom. The first-order valence-corrected chi connectivity index (χ1v) is 5.36. The van der Waals surface area contributed by atoms with Crippen LogP contribution in [0.2, 0.25) is 0 Å². The Balaban J connectivity index is 2.71. The lowest BCUT2D eigenvalue weighted by Gasteiger charge is -2.07. The van der Waals surface area contributed by atoms with Gasteiger partial charge in [0.2, 0.25) is 0 Å². The SMILES string of the molecule is CC(C)c1ncc(CC=CN(C)C)n1C. The minimum atomic E-state index is 0.488. The molecule has 0 saturated heterocycles. The van der Waals surface area contributed by atoms with E-state index in [0.29, 0.717) is 5.92 Å². The van der Waals surface area contributed by atoms with Crippen LogP contribution >= 0.6 is 0 Å². The van der Waals surface area contributed by atoms with Crippen LogP contribution in [0.15, 0.2) is 18.5 Å². The van der Waals surface area contributed by atoms with E-state index < -0.39 is 0 Å². The van der Waals surface area contributed by atoms with Crippen molar-refractivity contribution in [3.05, 3.63) is 30.0 Å². The zero-order valence-corrected chi connectivity index (χ0v) is 10.4. The van der Waals surface area contributed by atoms with Crippen molar-refractivity contribution in [1.82, 2.24) is 14.5 Å². The van der Waals surface area contributed by atoms with Crippen molar-refractivity contribution in [1.29, 1.82) is 0 Å². The molecule has 3 nitrogen and oxygen atoms in total. The van der Waals surface area contributed by atoms with Crippen molar-refractivity contribution in [3.63, 3.8) is 0 Å². The molecule has 84 valence electrons. The summed E-state index contributed by atoms with van der Waals surface area (Å²) >= 11 is 0. The van der Waals surface area contributed by atoms with Gasteiger partial charge in [0.15, 0.2) is 0 Å². The Hall–Kier alpha value is -1.25. The van der Waals surface area contributed by atoms with Gasteiger partial charge >= 0.3 is 0 Å². The maximum Gasteiger partial charge on any atom is 0.111 e. The monoisotopic (exact) mass is 207 g/mol. The molecule has 0 aliphatic heterocycles. The standard InChI is InChI=1S/C12H21N3/c1-10(2)12-13-9-11(15(12)5)7-6-8-14(3)4/h6,8-10H,7H2,1-5H3. The molecule has 0 fully saturated rings. The van der Waals surface area contributed by atoms with Gasteiger partial charge in [0.1, 0.15) is 5.82 Å². The summed E-state index contributed by atoms with van der Waals surface area (Å²) in [7, 11) is 6.14. The van der Waals surface area contributed by atoms with Crippen LogP contribution in [-0.4, -0.2) is 28.5 Å². The van der Waals surface area contributed by atoms with Crippen LogP contribution in [0, 0.1) is 0 Å². The molecule has 1 aromatic heterocycles. The third kappa shape index (κ3) is 3.11. The van der Waals surface area contributed by atoms with Crippen molar-refractivity contribution < 1.29 is 0 Å². The van der Waals surface area contributed by atoms with Crippen LogP contribution in [0.5, 0.6) is 0 Å². The van der Waals surface area contributed by atoms with Crippen LogP contribution in [-0.2, 0) is 13.5 Å². The minimum Gasteiger partial charge on any atom is -0.384 e. The molecule has 0 N–H and O–H groups in total. The number of nitrogens with zero attached hydrogens (tertiary/aromatic N) is 3. The largest absolute Gasteiger partial charge is 0.384 e. The topological polar surface area (TPSA) is 21.1 Å². The van der Waals surface area contributed by atoms with Gasteiger partial charge in [-0.3, -0.25) is 0 Å². The molecule has 3 heteroatoms. The van der Waals surface area contributed by atoms with E-state index in [1.54, 1.807) is 0 Å². The third-order valence-corrected chi connectivity index (χ3v) is 2.37. The highest BCUT2D eigenvalue weighted by atomic mass is 15.1. The first kappa shape index (κ1) is 11.8. The zero-order valence-electron chi connectivity index (χ0n) is 10.4. The van der Waals surface area contributed by atoms with E-state index in [2.05, 4.69) is 42.7 Å². The molecule has 15 heavy (non-hydrogen) atoms. The van der Waals surface area contributed by atoms with E-state index in [9.17, 15) is 0 Å². The van der Waals surface area contributed by atoms with Crippen LogP contribution in [0.25, 0.3) is 0 Å². The fourth-order valence-corrected chi connectivity index (χ4v) is 1.57. The molecule has 0 aliphatic carbocycles. The van der Waals surface area contributed by atoms with E-state index >= 15 is 0 Å². The average molecular weight is 207 g/mol. The number of imidazole rings is 1. The first-order chi connectivity index (χ1) is 7.02. The smallest absolute Gasteiger partial charge is 0.111 e.